The minimum absolute atomic E-state index is 0.0361. The monoisotopic (exact) mass is 394 g/mol. The molecule has 2 heterocycles. The van der Waals surface area contributed by atoms with Crippen LogP contribution in [0.15, 0.2) is 52.9 Å². The molecule has 0 spiro atoms. The highest BCUT2D eigenvalue weighted by atomic mass is 16.6. The standard InChI is InChI=1S/C23H26N2O4/c1-15(17-8-9-21-22(13-17)28-11-10-27-21)24-23(26)16(2)25(3)14-19-12-18-6-4-5-7-20(18)29-19/h4-9,12-13,15-16H,10-11,14H2,1-3H3,(H,24,26). The number of nitrogens with one attached hydrogen (secondary N) is 1. The predicted octanol–water partition coefficient (Wildman–Crippen LogP) is 3.90. The second-order valence-electron chi connectivity index (χ2n) is 7.47. The second kappa shape index (κ2) is 8.17. The molecule has 0 bridgehead atoms. The van der Waals surface area contributed by atoms with Gasteiger partial charge in [-0.05, 0) is 50.7 Å². The zero-order chi connectivity index (χ0) is 20.4. The second-order valence-corrected chi connectivity index (χ2v) is 7.47. The summed E-state index contributed by atoms with van der Waals surface area (Å²) in [6, 6.07) is 15.3. The summed E-state index contributed by atoms with van der Waals surface area (Å²) in [6.07, 6.45) is 0. The minimum atomic E-state index is -0.303. The average Bonchev–Trinajstić information content (AvgIpc) is 3.14. The van der Waals surface area contributed by atoms with Crippen LogP contribution in [0.4, 0.5) is 0 Å². The molecule has 0 saturated carbocycles. The number of ether oxygens (including phenoxy) is 2. The highest BCUT2D eigenvalue weighted by molar-refractivity contribution is 5.82. The van der Waals surface area contributed by atoms with E-state index in [1.807, 2.05) is 74.3 Å². The third-order valence-electron chi connectivity index (χ3n) is 5.35. The number of carbonyl (C=O) groups is 1. The van der Waals surface area contributed by atoms with Gasteiger partial charge in [-0.1, -0.05) is 24.3 Å². The van der Waals surface area contributed by atoms with Crippen LogP contribution in [0, 0.1) is 0 Å². The van der Waals surface area contributed by atoms with Crippen molar-refractivity contribution in [1.29, 1.82) is 0 Å². The van der Waals surface area contributed by atoms with Crippen molar-refractivity contribution in [3.05, 3.63) is 59.9 Å². The van der Waals surface area contributed by atoms with Crippen molar-refractivity contribution in [2.45, 2.75) is 32.5 Å². The summed E-state index contributed by atoms with van der Waals surface area (Å²) in [5, 5.41) is 4.16. The van der Waals surface area contributed by atoms with Gasteiger partial charge in [0.05, 0.1) is 18.6 Å². The first-order chi connectivity index (χ1) is 14.0. The zero-order valence-corrected chi connectivity index (χ0v) is 17.0. The van der Waals surface area contributed by atoms with E-state index in [9.17, 15) is 4.79 Å². The molecule has 0 radical (unpaired) electrons. The summed E-state index contributed by atoms with van der Waals surface area (Å²) in [5.74, 6) is 2.28. The number of benzene rings is 2. The van der Waals surface area contributed by atoms with Crippen LogP contribution >= 0.6 is 0 Å². The Morgan fingerprint density at radius 1 is 1.07 bits per heavy atom. The Kier molecular flexibility index (Phi) is 5.45. The lowest BCUT2D eigenvalue weighted by molar-refractivity contribution is -0.126. The van der Waals surface area contributed by atoms with Crippen LogP contribution in [0.3, 0.4) is 0 Å². The summed E-state index contributed by atoms with van der Waals surface area (Å²) >= 11 is 0. The summed E-state index contributed by atoms with van der Waals surface area (Å²) in [4.78, 5) is 14.8. The van der Waals surface area contributed by atoms with Crippen molar-refractivity contribution >= 4 is 16.9 Å². The third-order valence-corrected chi connectivity index (χ3v) is 5.35. The van der Waals surface area contributed by atoms with E-state index in [0.717, 1.165) is 33.8 Å². The van der Waals surface area contributed by atoms with Gasteiger partial charge < -0.3 is 19.2 Å². The van der Waals surface area contributed by atoms with Gasteiger partial charge >= 0.3 is 0 Å². The van der Waals surface area contributed by atoms with Gasteiger partial charge in [0, 0.05) is 5.39 Å². The molecular weight excluding hydrogens is 368 g/mol. The Labute approximate surface area is 170 Å². The van der Waals surface area contributed by atoms with Gasteiger partial charge in [-0.25, -0.2) is 0 Å². The lowest BCUT2D eigenvalue weighted by Crippen LogP contribution is -2.43. The van der Waals surface area contributed by atoms with Crippen LogP contribution in [-0.2, 0) is 11.3 Å². The number of likely N-dealkylation sites (N-methyl/N-ethyl adjacent to an activating group) is 1. The van der Waals surface area contributed by atoms with E-state index >= 15 is 0 Å². The molecular formula is C23H26N2O4. The van der Waals surface area contributed by atoms with Crippen LogP contribution < -0.4 is 14.8 Å². The van der Waals surface area contributed by atoms with Crippen molar-refractivity contribution in [2.24, 2.45) is 0 Å². The van der Waals surface area contributed by atoms with Gasteiger partial charge in [0.2, 0.25) is 5.91 Å². The summed E-state index contributed by atoms with van der Waals surface area (Å²) in [6.45, 7) is 5.53. The molecule has 3 aromatic rings. The SMILES string of the molecule is CC(NC(=O)C(C)N(C)Cc1cc2ccccc2o1)c1ccc2c(c1)OCCO2. The Bertz CT molecular complexity index is 980. The maximum atomic E-state index is 12.8. The van der Waals surface area contributed by atoms with Gasteiger partial charge in [0.25, 0.3) is 0 Å². The highest BCUT2D eigenvalue weighted by Gasteiger charge is 2.22. The molecule has 0 fully saturated rings. The van der Waals surface area contributed by atoms with E-state index in [4.69, 9.17) is 13.9 Å². The molecule has 1 aliphatic heterocycles. The molecule has 2 aromatic carbocycles. The largest absolute Gasteiger partial charge is 0.486 e. The number of hydrogen-bond donors (Lipinski definition) is 1. The van der Waals surface area contributed by atoms with E-state index in [2.05, 4.69) is 5.32 Å². The predicted molar refractivity (Wildman–Crippen MR) is 111 cm³/mol. The quantitative estimate of drug-likeness (QED) is 0.687. The highest BCUT2D eigenvalue weighted by Crippen LogP contribution is 2.32. The fourth-order valence-electron chi connectivity index (χ4n) is 3.44. The van der Waals surface area contributed by atoms with Gasteiger partial charge in [-0.2, -0.15) is 0 Å². The zero-order valence-electron chi connectivity index (χ0n) is 17.0. The molecule has 1 N–H and O–H groups in total. The van der Waals surface area contributed by atoms with E-state index in [1.54, 1.807) is 0 Å². The molecule has 6 nitrogen and oxygen atoms in total. The fraction of sp³-hybridized carbons (Fsp3) is 0.348. The van der Waals surface area contributed by atoms with E-state index in [-0.39, 0.29) is 18.0 Å². The van der Waals surface area contributed by atoms with E-state index in [1.165, 1.54) is 0 Å². The molecule has 6 heteroatoms. The van der Waals surface area contributed by atoms with Gasteiger partial charge in [0.15, 0.2) is 11.5 Å². The van der Waals surface area contributed by atoms with Gasteiger partial charge in [-0.15, -0.1) is 0 Å². The van der Waals surface area contributed by atoms with Gasteiger partial charge in [-0.3, -0.25) is 9.69 Å². The summed E-state index contributed by atoms with van der Waals surface area (Å²) in [5.41, 5.74) is 1.84. The number of hydrogen-bond acceptors (Lipinski definition) is 5. The topological polar surface area (TPSA) is 63.9 Å². The molecule has 2 unspecified atom stereocenters. The van der Waals surface area contributed by atoms with Crippen molar-refractivity contribution in [1.82, 2.24) is 10.2 Å². The van der Waals surface area contributed by atoms with Gasteiger partial charge in [0.1, 0.15) is 24.6 Å². The van der Waals surface area contributed by atoms with Crippen molar-refractivity contribution in [3.8, 4) is 11.5 Å². The van der Waals surface area contributed by atoms with Crippen LogP contribution in [0.1, 0.15) is 31.2 Å². The van der Waals surface area contributed by atoms with Crippen LogP contribution in [0.5, 0.6) is 11.5 Å². The molecule has 1 amide bonds. The fourth-order valence-corrected chi connectivity index (χ4v) is 3.44. The normalized spacial score (nSPS) is 15.3. The van der Waals surface area contributed by atoms with Crippen molar-refractivity contribution in [2.75, 3.05) is 20.3 Å². The maximum Gasteiger partial charge on any atom is 0.237 e. The number of rotatable bonds is 6. The Hall–Kier alpha value is -2.99. The molecule has 0 saturated heterocycles. The first-order valence-corrected chi connectivity index (χ1v) is 9.89. The summed E-state index contributed by atoms with van der Waals surface area (Å²) in [7, 11) is 1.92. The van der Waals surface area contributed by atoms with Crippen molar-refractivity contribution in [3.63, 3.8) is 0 Å². The molecule has 1 aromatic heterocycles. The molecule has 152 valence electrons. The number of carbonyl (C=O) groups excluding carboxylic acids is 1. The number of nitrogens with zero attached hydrogens (tertiary/aromatic N) is 1. The number of furan rings is 1. The Morgan fingerprint density at radius 3 is 2.62 bits per heavy atom. The molecule has 4 rings (SSSR count). The van der Waals surface area contributed by atoms with Crippen molar-refractivity contribution < 1.29 is 18.7 Å². The number of amides is 1. The number of fused-ring (bicyclic) bond motifs is 2. The van der Waals surface area contributed by atoms with E-state index in [0.29, 0.717) is 19.8 Å². The smallest absolute Gasteiger partial charge is 0.237 e. The number of para-hydroxylation sites is 1. The van der Waals surface area contributed by atoms with E-state index < -0.39 is 0 Å². The minimum Gasteiger partial charge on any atom is -0.486 e. The average molecular weight is 394 g/mol. The van der Waals surface area contributed by atoms with Crippen LogP contribution in [0.2, 0.25) is 0 Å². The lowest BCUT2D eigenvalue weighted by atomic mass is 10.1. The Morgan fingerprint density at radius 2 is 1.83 bits per heavy atom. The molecule has 0 aliphatic carbocycles. The first kappa shape index (κ1) is 19.3. The first-order valence-electron chi connectivity index (χ1n) is 9.89. The Balaban J connectivity index is 1.38. The molecule has 29 heavy (non-hydrogen) atoms. The molecule has 1 aliphatic rings. The van der Waals surface area contributed by atoms with Crippen LogP contribution in [-0.4, -0.2) is 37.1 Å². The summed E-state index contributed by atoms with van der Waals surface area (Å²) < 4.78 is 17.1. The maximum absolute atomic E-state index is 12.8. The molecule has 2 atom stereocenters. The third kappa shape index (κ3) is 4.22. The van der Waals surface area contributed by atoms with Crippen LogP contribution in [0.25, 0.3) is 11.0 Å². The lowest BCUT2D eigenvalue weighted by Gasteiger charge is -2.25.